The molecule has 16 heavy (non-hydrogen) atoms. The molecule has 0 atom stereocenters. The van der Waals surface area contributed by atoms with E-state index in [0.717, 1.165) is 25.9 Å². The molecule has 0 aromatic carbocycles. The molecule has 0 aliphatic carbocycles. The molecule has 1 aromatic heterocycles. The quantitative estimate of drug-likeness (QED) is 0.686. The first-order valence-electron chi connectivity index (χ1n) is 6.11. The summed E-state index contributed by atoms with van der Waals surface area (Å²) >= 11 is 1.88. The van der Waals surface area contributed by atoms with Gasteiger partial charge < -0.3 is 10.4 Å². The highest BCUT2D eigenvalue weighted by molar-refractivity contribution is 7.12. The van der Waals surface area contributed by atoms with Gasteiger partial charge in [0.2, 0.25) is 0 Å². The van der Waals surface area contributed by atoms with Crippen molar-refractivity contribution in [3.05, 3.63) is 21.4 Å². The van der Waals surface area contributed by atoms with Crippen molar-refractivity contribution in [2.24, 2.45) is 0 Å². The maximum absolute atomic E-state index is 8.64. The molecule has 1 heterocycles. The van der Waals surface area contributed by atoms with E-state index in [2.05, 4.69) is 25.2 Å². The topological polar surface area (TPSA) is 32.3 Å². The van der Waals surface area contributed by atoms with Crippen molar-refractivity contribution in [1.29, 1.82) is 0 Å². The molecule has 3 heteroatoms. The van der Waals surface area contributed by atoms with Crippen molar-refractivity contribution in [2.75, 3.05) is 13.2 Å². The number of aliphatic hydroxyl groups excluding tert-OH is 1. The molecule has 0 spiro atoms. The van der Waals surface area contributed by atoms with Crippen LogP contribution in [-0.4, -0.2) is 18.3 Å². The Balaban J connectivity index is 2.05. The second-order valence-electron chi connectivity index (χ2n) is 4.25. The van der Waals surface area contributed by atoms with Crippen LogP contribution in [0.3, 0.4) is 0 Å². The molecule has 0 aliphatic heterocycles. The van der Waals surface area contributed by atoms with E-state index in [0.29, 0.717) is 6.61 Å². The van der Waals surface area contributed by atoms with Gasteiger partial charge in [0.15, 0.2) is 0 Å². The van der Waals surface area contributed by atoms with E-state index in [1.165, 1.54) is 28.2 Å². The van der Waals surface area contributed by atoms with Crippen LogP contribution in [0.5, 0.6) is 0 Å². The number of aryl methyl sites for hydroxylation is 2. The van der Waals surface area contributed by atoms with E-state index in [1.807, 2.05) is 11.3 Å². The molecular formula is C13H23NOS. The third-order valence-corrected chi connectivity index (χ3v) is 3.73. The van der Waals surface area contributed by atoms with Crippen molar-refractivity contribution in [3.8, 4) is 0 Å². The lowest BCUT2D eigenvalue weighted by Gasteiger charge is -2.04. The lowest BCUT2D eigenvalue weighted by atomic mass is 10.2. The van der Waals surface area contributed by atoms with E-state index in [-0.39, 0.29) is 0 Å². The van der Waals surface area contributed by atoms with Crippen LogP contribution in [0.2, 0.25) is 0 Å². The number of rotatable bonds is 8. The fourth-order valence-electron chi connectivity index (χ4n) is 1.80. The highest BCUT2D eigenvalue weighted by Gasteiger charge is 2.01. The van der Waals surface area contributed by atoms with Crippen LogP contribution in [0, 0.1) is 13.8 Å². The molecule has 0 aliphatic rings. The van der Waals surface area contributed by atoms with Gasteiger partial charge in [-0.2, -0.15) is 0 Å². The van der Waals surface area contributed by atoms with Crippen molar-refractivity contribution in [2.45, 2.75) is 46.1 Å². The Hall–Kier alpha value is -0.380. The fraction of sp³-hybridized carbons (Fsp3) is 0.692. The molecule has 0 unspecified atom stereocenters. The number of hydrogen-bond acceptors (Lipinski definition) is 3. The van der Waals surface area contributed by atoms with Gasteiger partial charge in [0.05, 0.1) is 0 Å². The minimum Gasteiger partial charge on any atom is -0.396 e. The van der Waals surface area contributed by atoms with Gasteiger partial charge in [0, 0.05) is 22.9 Å². The van der Waals surface area contributed by atoms with Crippen molar-refractivity contribution >= 4 is 11.3 Å². The minimum atomic E-state index is 0.334. The van der Waals surface area contributed by atoms with Crippen molar-refractivity contribution in [3.63, 3.8) is 0 Å². The number of nitrogens with one attached hydrogen (secondary N) is 1. The molecule has 1 rings (SSSR count). The molecule has 2 N–H and O–H groups in total. The summed E-state index contributed by atoms with van der Waals surface area (Å²) in [5.41, 5.74) is 1.44. The summed E-state index contributed by atoms with van der Waals surface area (Å²) in [6.45, 7) is 6.77. The normalized spacial score (nSPS) is 10.9. The molecule has 2 nitrogen and oxygen atoms in total. The van der Waals surface area contributed by atoms with Crippen LogP contribution in [0.1, 0.15) is 41.0 Å². The molecule has 0 fully saturated rings. The first-order valence-corrected chi connectivity index (χ1v) is 6.93. The molecular weight excluding hydrogens is 218 g/mol. The van der Waals surface area contributed by atoms with Gasteiger partial charge in [-0.05, 0) is 44.9 Å². The smallest absolute Gasteiger partial charge is 0.0431 e. The third kappa shape index (κ3) is 5.10. The Morgan fingerprint density at radius 3 is 2.56 bits per heavy atom. The van der Waals surface area contributed by atoms with Gasteiger partial charge in [0.25, 0.3) is 0 Å². The first kappa shape index (κ1) is 13.7. The summed E-state index contributed by atoms with van der Waals surface area (Å²) in [4.78, 5) is 2.84. The van der Waals surface area contributed by atoms with Crippen molar-refractivity contribution < 1.29 is 5.11 Å². The minimum absolute atomic E-state index is 0.334. The van der Waals surface area contributed by atoms with Gasteiger partial charge in [-0.25, -0.2) is 0 Å². The summed E-state index contributed by atoms with van der Waals surface area (Å²) in [5.74, 6) is 0. The second-order valence-corrected chi connectivity index (χ2v) is 5.71. The molecule has 0 amide bonds. The second kappa shape index (κ2) is 7.82. The summed E-state index contributed by atoms with van der Waals surface area (Å²) < 4.78 is 0. The average Bonchev–Trinajstić information content (AvgIpc) is 2.56. The van der Waals surface area contributed by atoms with E-state index in [4.69, 9.17) is 5.11 Å². The maximum Gasteiger partial charge on any atom is 0.0431 e. The Morgan fingerprint density at radius 1 is 1.19 bits per heavy atom. The van der Waals surface area contributed by atoms with E-state index >= 15 is 0 Å². The number of hydrogen-bond donors (Lipinski definition) is 2. The number of thiophene rings is 1. The van der Waals surface area contributed by atoms with Gasteiger partial charge in [-0.1, -0.05) is 12.8 Å². The Kier molecular flexibility index (Phi) is 6.69. The van der Waals surface area contributed by atoms with Gasteiger partial charge in [0.1, 0.15) is 0 Å². The predicted molar refractivity (Wildman–Crippen MR) is 71.1 cm³/mol. The van der Waals surface area contributed by atoms with Crippen LogP contribution < -0.4 is 5.32 Å². The maximum atomic E-state index is 8.64. The first-order chi connectivity index (χ1) is 7.74. The predicted octanol–water partition coefficient (Wildman–Crippen LogP) is 3.01. The van der Waals surface area contributed by atoms with Crippen LogP contribution in [0.4, 0.5) is 0 Å². The lowest BCUT2D eigenvalue weighted by Crippen LogP contribution is -2.14. The Labute approximate surface area is 103 Å². The summed E-state index contributed by atoms with van der Waals surface area (Å²) in [7, 11) is 0. The lowest BCUT2D eigenvalue weighted by molar-refractivity contribution is 0.282. The van der Waals surface area contributed by atoms with E-state index in [1.54, 1.807) is 0 Å². The van der Waals surface area contributed by atoms with Gasteiger partial charge in [-0.3, -0.25) is 0 Å². The Bertz CT molecular complexity index is 296. The number of aliphatic hydroxyl groups is 1. The average molecular weight is 241 g/mol. The zero-order valence-corrected chi connectivity index (χ0v) is 11.2. The van der Waals surface area contributed by atoms with E-state index in [9.17, 15) is 0 Å². The van der Waals surface area contributed by atoms with Crippen LogP contribution in [0.25, 0.3) is 0 Å². The molecule has 0 radical (unpaired) electrons. The van der Waals surface area contributed by atoms with E-state index < -0.39 is 0 Å². The summed E-state index contributed by atoms with van der Waals surface area (Å²) in [6, 6.07) is 2.28. The van der Waals surface area contributed by atoms with Crippen LogP contribution in [0.15, 0.2) is 6.07 Å². The molecule has 92 valence electrons. The van der Waals surface area contributed by atoms with Crippen molar-refractivity contribution in [1.82, 2.24) is 5.32 Å². The molecule has 1 aromatic rings. The van der Waals surface area contributed by atoms with Crippen LogP contribution >= 0.6 is 11.3 Å². The SMILES string of the molecule is Cc1cc(CNCCCCCCO)c(C)s1. The highest BCUT2D eigenvalue weighted by atomic mass is 32.1. The standard InChI is InChI=1S/C13H23NOS/c1-11-9-13(12(2)16-11)10-14-7-5-3-4-6-8-15/h9,14-15H,3-8,10H2,1-2H3. The summed E-state index contributed by atoms with van der Waals surface area (Å²) in [5, 5.41) is 12.1. The number of unbranched alkanes of at least 4 members (excludes halogenated alkanes) is 3. The van der Waals surface area contributed by atoms with Crippen LogP contribution in [-0.2, 0) is 6.54 Å². The fourth-order valence-corrected chi connectivity index (χ4v) is 2.74. The third-order valence-electron chi connectivity index (χ3n) is 2.72. The molecule has 0 bridgehead atoms. The largest absolute Gasteiger partial charge is 0.396 e. The molecule has 0 saturated carbocycles. The summed E-state index contributed by atoms with van der Waals surface area (Å²) in [6.07, 6.45) is 4.52. The van der Waals surface area contributed by atoms with Gasteiger partial charge >= 0.3 is 0 Å². The monoisotopic (exact) mass is 241 g/mol. The Morgan fingerprint density at radius 2 is 1.94 bits per heavy atom. The molecule has 0 saturated heterocycles. The zero-order valence-electron chi connectivity index (χ0n) is 10.4. The highest BCUT2D eigenvalue weighted by Crippen LogP contribution is 2.20. The zero-order chi connectivity index (χ0) is 11.8. The van der Waals surface area contributed by atoms with Gasteiger partial charge in [-0.15, -0.1) is 11.3 Å².